The molecule has 0 aliphatic rings. The predicted octanol–water partition coefficient (Wildman–Crippen LogP) is 15.8. The van der Waals surface area contributed by atoms with E-state index in [1.807, 2.05) is 21.1 Å². The molecule has 0 rings (SSSR count). The van der Waals surface area contributed by atoms with Crippen molar-refractivity contribution in [2.24, 2.45) is 0 Å². The van der Waals surface area contributed by atoms with Gasteiger partial charge in [-0.2, -0.15) is 0 Å². The maximum Gasteiger partial charge on any atom is 0.472 e. The largest absolute Gasteiger partial charge is 0.472 e. The molecule has 0 aromatic carbocycles. The van der Waals surface area contributed by atoms with Crippen LogP contribution >= 0.6 is 7.82 Å². The second kappa shape index (κ2) is 46.1. The molecule has 9 nitrogen and oxygen atoms in total. The van der Waals surface area contributed by atoms with Gasteiger partial charge in [0.2, 0.25) is 0 Å². The van der Waals surface area contributed by atoms with Crippen molar-refractivity contribution in [3.05, 3.63) is 48.6 Å². The van der Waals surface area contributed by atoms with Crippen molar-refractivity contribution in [1.82, 2.24) is 0 Å². The highest BCUT2D eigenvalue weighted by molar-refractivity contribution is 7.47. The Morgan fingerprint density at radius 1 is 0.484 bits per heavy atom. The Morgan fingerprint density at radius 3 is 1.28 bits per heavy atom. The highest BCUT2D eigenvalue weighted by Gasteiger charge is 2.27. The van der Waals surface area contributed by atoms with Crippen LogP contribution in [-0.2, 0) is 32.7 Å². The van der Waals surface area contributed by atoms with E-state index in [0.717, 1.165) is 57.8 Å². The fraction of sp³-hybridized carbons (Fsp3) is 0.815. The molecule has 0 heterocycles. The minimum atomic E-state index is -4.39. The van der Waals surface area contributed by atoms with E-state index in [4.69, 9.17) is 18.5 Å². The zero-order valence-corrected chi connectivity index (χ0v) is 43.2. The van der Waals surface area contributed by atoms with E-state index in [9.17, 15) is 19.0 Å². The first kappa shape index (κ1) is 62.0. The molecule has 1 N–H and O–H groups in total. The van der Waals surface area contributed by atoms with Crippen LogP contribution < -0.4 is 0 Å². The van der Waals surface area contributed by atoms with Crippen LogP contribution in [0.25, 0.3) is 0 Å². The Balaban J connectivity index is 4.27. The standard InChI is InChI=1S/C54H100NO8P/c1-6-8-10-12-14-16-18-20-22-24-26-27-29-30-32-34-36-38-40-42-44-46-53(56)60-50-52(51-62-64(58,59)61-49-48-55(3,4)5)63-54(57)47-45-43-41-39-37-35-33-31-28-25-23-21-19-17-15-13-11-9-7-2/h15,17,21,23,28,31,35,37,52H,6-14,16,18-20,22,24-27,29-30,32-34,36,38-51H2,1-5H3/p+1/b17-15-,23-21-,31-28-,37-35-/t52-/m1/s1. The number of unbranched alkanes of at least 4 members (excludes halogenated alkanes) is 26. The van der Waals surface area contributed by atoms with E-state index in [-0.39, 0.29) is 32.0 Å². The summed E-state index contributed by atoms with van der Waals surface area (Å²) in [7, 11) is 1.46. The van der Waals surface area contributed by atoms with Gasteiger partial charge in [0.25, 0.3) is 0 Å². The maximum atomic E-state index is 12.7. The van der Waals surface area contributed by atoms with Crippen LogP contribution in [0.15, 0.2) is 48.6 Å². The second-order valence-electron chi connectivity index (χ2n) is 18.9. The summed E-state index contributed by atoms with van der Waals surface area (Å²) in [6.45, 7) is 4.39. The molecule has 0 aliphatic carbocycles. The zero-order chi connectivity index (χ0) is 47.1. The third kappa shape index (κ3) is 49.4. The molecule has 0 spiro atoms. The summed E-state index contributed by atoms with van der Waals surface area (Å²) in [5.41, 5.74) is 0. The molecule has 64 heavy (non-hydrogen) atoms. The number of quaternary nitrogens is 1. The predicted molar refractivity (Wildman–Crippen MR) is 270 cm³/mol. The maximum absolute atomic E-state index is 12.7. The Bertz CT molecular complexity index is 1230. The number of ether oxygens (including phenoxy) is 2. The number of carbonyl (C=O) groups is 2. The molecule has 1 unspecified atom stereocenters. The van der Waals surface area contributed by atoms with Gasteiger partial charge in [0.15, 0.2) is 6.10 Å². The smallest absolute Gasteiger partial charge is 0.462 e. The molecule has 374 valence electrons. The molecule has 10 heteroatoms. The third-order valence-electron chi connectivity index (χ3n) is 11.4. The van der Waals surface area contributed by atoms with Crippen LogP contribution in [0.3, 0.4) is 0 Å². The summed E-state index contributed by atoms with van der Waals surface area (Å²) in [4.78, 5) is 35.6. The molecule has 0 radical (unpaired) electrons. The van der Waals surface area contributed by atoms with Gasteiger partial charge in [0, 0.05) is 12.8 Å². The van der Waals surface area contributed by atoms with Crippen molar-refractivity contribution in [2.75, 3.05) is 47.5 Å². The molecule has 0 saturated heterocycles. The molecule has 0 aromatic heterocycles. The minimum absolute atomic E-state index is 0.0251. The van der Waals surface area contributed by atoms with Crippen LogP contribution in [0.4, 0.5) is 0 Å². The molecule has 0 aliphatic heterocycles. The lowest BCUT2D eigenvalue weighted by Crippen LogP contribution is -2.37. The van der Waals surface area contributed by atoms with Crippen molar-refractivity contribution >= 4 is 19.8 Å². The Kier molecular flexibility index (Phi) is 44.6. The number of carbonyl (C=O) groups excluding carboxylic acids is 2. The number of allylic oxidation sites excluding steroid dienone is 8. The zero-order valence-electron chi connectivity index (χ0n) is 42.3. The molecular weight excluding hydrogens is 822 g/mol. The van der Waals surface area contributed by atoms with Crippen molar-refractivity contribution in [1.29, 1.82) is 0 Å². The van der Waals surface area contributed by atoms with E-state index >= 15 is 0 Å². The average molecular weight is 923 g/mol. The number of phosphoric acid groups is 1. The first-order chi connectivity index (χ1) is 31.0. The molecule has 0 aromatic rings. The summed E-state index contributed by atoms with van der Waals surface area (Å²) in [5, 5.41) is 0. The second-order valence-corrected chi connectivity index (χ2v) is 20.4. The van der Waals surface area contributed by atoms with Gasteiger partial charge < -0.3 is 18.9 Å². The van der Waals surface area contributed by atoms with Crippen LogP contribution in [0, 0.1) is 0 Å². The number of hydrogen-bond acceptors (Lipinski definition) is 7. The molecular formula is C54H101NO8P+. The summed E-state index contributed by atoms with van der Waals surface area (Å²) in [6, 6.07) is 0. The quantitative estimate of drug-likeness (QED) is 0.0211. The fourth-order valence-corrected chi connectivity index (χ4v) is 7.98. The van der Waals surface area contributed by atoms with Gasteiger partial charge in [-0.3, -0.25) is 18.6 Å². The van der Waals surface area contributed by atoms with E-state index in [2.05, 4.69) is 62.5 Å². The Hall–Kier alpha value is -2.03. The van der Waals surface area contributed by atoms with Crippen molar-refractivity contribution in [3.63, 3.8) is 0 Å². The molecule has 0 fully saturated rings. The molecule has 0 bridgehead atoms. The van der Waals surface area contributed by atoms with Crippen LogP contribution in [0.2, 0.25) is 0 Å². The number of nitrogens with zero attached hydrogens (tertiary/aromatic N) is 1. The molecule has 0 saturated carbocycles. The summed E-state index contributed by atoms with van der Waals surface area (Å²) < 4.78 is 34.4. The van der Waals surface area contributed by atoms with Crippen molar-refractivity contribution in [3.8, 4) is 0 Å². The van der Waals surface area contributed by atoms with Gasteiger partial charge in [-0.1, -0.05) is 210 Å². The molecule has 2 atom stereocenters. The van der Waals surface area contributed by atoms with Crippen LogP contribution in [0.1, 0.15) is 232 Å². The van der Waals surface area contributed by atoms with Crippen molar-refractivity contribution in [2.45, 2.75) is 238 Å². The van der Waals surface area contributed by atoms with Gasteiger partial charge in [-0.15, -0.1) is 0 Å². The average Bonchev–Trinajstić information content (AvgIpc) is 3.25. The number of phosphoric ester groups is 1. The summed E-state index contributed by atoms with van der Waals surface area (Å²) in [5.74, 6) is -0.826. The lowest BCUT2D eigenvalue weighted by molar-refractivity contribution is -0.870. The first-order valence-electron chi connectivity index (χ1n) is 26.4. The highest BCUT2D eigenvalue weighted by atomic mass is 31.2. The van der Waals surface area contributed by atoms with Crippen LogP contribution in [-0.4, -0.2) is 74.9 Å². The van der Waals surface area contributed by atoms with Crippen molar-refractivity contribution < 1.29 is 42.1 Å². The highest BCUT2D eigenvalue weighted by Crippen LogP contribution is 2.43. The van der Waals surface area contributed by atoms with Gasteiger partial charge in [0.1, 0.15) is 19.8 Å². The van der Waals surface area contributed by atoms with Gasteiger partial charge in [-0.25, -0.2) is 4.57 Å². The number of hydrogen-bond donors (Lipinski definition) is 1. The van der Waals surface area contributed by atoms with Gasteiger partial charge in [0.05, 0.1) is 27.7 Å². The summed E-state index contributed by atoms with van der Waals surface area (Å²) in [6.07, 6.45) is 56.0. The number of rotatable bonds is 48. The van der Waals surface area contributed by atoms with E-state index in [1.165, 1.54) is 141 Å². The monoisotopic (exact) mass is 923 g/mol. The Morgan fingerprint density at radius 2 is 0.844 bits per heavy atom. The van der Waals surface area contributed by atoms with Gasteiger partial charge in [-0.05, 0) is 57.8 Å². The van der Waals surface area contributed by atoms with Crippen LogP contribution in [0.5, 0.6) is 0 Å². The third-order valence-corrected chi connectivity index (χ3v) is 12.3. The van der Waals surface area contributed by atoms with E-state index in [1.54, 1.807) is 0 Å². The first-order valence-corrected chi connectivity index (χ1v) is 27.9. The fourth-order valence-electron chi connectivity index (χ4n) is 7.23. The number of esters is 2. The minimum Gasteiger partial charge on any atom is -0.462 e. The van der Waals surface area contributed by atoms with E-state index < -0.39 is 26.5 Å². The SMILES string of the molecule is CCCCC/C=C\C/C=C\C/C=C\C/C=C\CCCCCC(=O)O[C@H](COC(=O)CCCCCCCCCCCCCCCCCCCCCCC)COP(=O)(O)OCC[N+](C)(C)C. The lowest BCUT2D eigenvalue weighted by atomic mass is 10.0. The lowest BCUT2D eigenvalue weighted by Gasteiger charge is -2.24. The Labute approximate surface area is 394 Å². The number of likely N-dealkylation sites (N-methyl/N-ethyl adjacent to an activating group) is 1. The normalized spacial score (nSPS) is 13.8. The molecule has 0 amide bonds. The van der Waals surface area contributed by atoms with E-state index in [0.29, 0.717) is 17.4 Å². The summed E-state index contributed by atoms with van der Waals surface area (Å²) >= 11 is 0. The topological polar surface area (TPSA) is 108 Å². The van der Waals surface area contributed by atoms with Gasteiger partial charge >= 0.3 is 19.8 Å².